The van der Waals surface area contributed by atoms with Crippen LogP contribution in [-0.4, -0.2) is 0 Å². The monoisotopic (exact) mass is 752 g/mol. The third-order valence-corrected chi connectivity index (χ3v) is 13.5. The molecular formula is C56H32OS. The van der Waals surface area contributed by atoms with Crippen LogP contribution in [0.5, 0.6) is 0 Å². The zero-order valence-electron chi connectivity index (χ0n) is 31.3. The van der Waals surface area contributed by atoms with Crippen LogP contribution in [0.3, 0.4) is 0 Å². The van der Waals surface area contributed by atoms with Crippen molar-refractivity contribution >= 4 is 107 Å². The summed E-state index contributed by atoms with van der Waals surface area (Å²) in [5, 5.41) is 17.4. The van der Waals surface area contributed by atoms with Gasteiger partial charge in [0.25, 0.3) is 0 Å². The van der Waals surface area contributed by atoms with Crippen molar-refractivity contribution in [1.29, 1.82) is 0 Å². The summed E-state index contributed by atoms with van der Waals surface area (Å²) in [7, 11) is 0. The molecule has 0 radical (unpaired) electrons. The predicted octanol–water partition coefficient (Wildman–Crippen LogP) is 16.7. The molecule has 0 unspecified atom stereocenters. The molecule has 268 valence electrons. The molecule has 0 aliphatic rings. The van der Waals surface area contributed by atoms with Crippen LogP contribution in [0.4, 0.5) is 0 Å². The highest BCUT2D eigenvalue weighted by molar-refractivity contribution is 7.26. The van der Waals surface area contributed by atoms with Crippen LogP contribution in [0.1, 0.15) is 0 Å². The minimum atomic E-state index is 0.939. The van der Waals surface area contributed by atoms with E-state index in [4.69, 9.17) is 4.42 Å². The summed E-state index contributed by atoms with van der Waals surface area (Å²) >= 11 is 1.86. The maximum Gasteiger partial charge on any atom is 0.143 e. The van der Waals surface area contributed by atoms with Gasteiger partial charge in [-0.3, -0.25) is 0 Å². The lowest BCUT2D eigenvalue weighted by Gasteiger charge is -2.19. The van der Waals surface area contributed by atoms with Gasteiger partial charge in [-0.25, -0.2) is 0 Å². The Kier molecular flexibility index (Phi) is 6.66. The van der Waals surface area contributed by atoms with E-state index < -0.39 is 0 Å². The average Bonchev–Trinajstić information content (AvgIpc) is 3.86. The smallest absolute Gasteiger partial charge is 0.143 e. The lowest BCUT2D eigenvalue weighted by atomic mass is 9.84. The maximum atomic E-state index is 6.59. The van der Waals surface area contributed by atoms with Crippen molar-refractivity contribution in [2.45, 2.75) is 0 Å². The Balaban J connectivity index is 0.962. The lowest BCUT2D eigenvalue weighted by molar-refractivity contribution is 0.673. The zero-order chi connectivity index (χ0) is 37.9. The van der Waals surface area contributed by atoms with Gasteiger partial charge in [0.05, 0.1) is 0 Å². The van der Waals surface area contributed by atoms with Crippen molar-refractivity contribution in [2.24, 2.45) is 0 Å². The molecule has 0 atom stereocenters. The fourth-order valence-electron chi connectivity index (χ4n) is 9.80. The van der Waals surface area contributed by atoms with Gasteiger partial charge in [-0.15, -0.1) is 11.3 Å². The Bertz CT molecular complexity index is 3800. The summed E-state index contributed by atoms with van der Waals surface area (Å²) in [5.74, 6) is 0. The molecule has 2 aromatic heterocycles. The van der Waals surface area contributed by atoms with Crippen LogP contribution in [-0.2, 0) is 0 Å². The molecule has 0 saturated carbocycles. The fourth-order valence-corrected chi connectivity index (χ4v) is 10.9. The Morgan fingerprint density at radius 1 is 0.310 bits per heavy atom. The van der Waals surface area contributed by atoms with Gasteiger partial charge in [-0.05, 0) is 124 Å². The fraction of sp³-hybridized carbons (Fsp3) is 0. The van der Waals surface area contributed by atoms with Gasteiger partial charge in [-0.2, -0.15) is 0 Å². The molecule has 0 amide bonds. The molecule has 0 aliphatic carbocycles. The Labute approximate surface area is 337 Å². The van der Waals surface area contributed by atoms with Crippen molar-refractivity contribution in [2.75, 3.05) is 0 Å². The van der Waals surface area contributed by atoms with Crippen molar-refractivity contribution in [1.82, 2.24) is 0 Å². The minimum Gasteiger partial charge on any atom is -0.455 e. The highest BCUT2D eigenvalue weighted by Gasteiger charge is 2.20. The summed E-state index contributed by atoms with van der Waals surface area (Å²) in [6.07, 6.45) is 0. The Morgan fingerprint density at radius 2 is 0.862 bits per heavy atom. The minimum absolute atomic E-state index is 0.939. The first kappa shape index (κ1) is 31.9. The number of thiophene rings is 1. The third kappa shape index (κ3) is 4.58. The number of rotatable bonds is 3. The predicted molar refractivity (Wildman–Crippen MR) is 250 cm³/mol. The van der Waals surface area contributed by atoms with Gasteiger partial charge < -0.3 is 4.42 Å². The normalized spacial score (nSPS) is 12.1. The summed E-state index contributed by atoms with van der Waals surface area (Å²) in [4.78, 5) is 0. The number of fused-ring (bicyclic) bond motifs is 13. The van der Waals surface area contributed by atoms with E-state index in [9.17, 15) is 0 Å². The van der Waals surface area contributed by atoms with Crippen LogP contribution >= 0.6 is 11.3 Å². The van der Waals surface area contributed by atoms with E-state index in [1.165, 1.54) is 113 Å². The SMILES string of the molecule is c1ccc2c(-c3c4ccccc4c(-c4ccc5cc(-c6ccc7sc8ccc9oc%10c%11ccccc%11ccc%10c9c8c7c6)ccc5c4)c4ccccc34)cccc2c1. The van der Waals surface area contributed by atoms with Crippen LogP contribution in [0.25, 0.3) is 129 Å². The van der Waals surface area contributed by atoms with E-state index in [1.54, 1.807) is 0 Å². The van der Waals surface area contributed by atoms with E-state index in [2.05, 4.69) is 194 Å². The number of benzene rings is 11. The van der Waals surface area contributed by atoms with Gasteiger partial charge in [0.15, 0.2) is 0 Å². The summed E-state index contributed by atoms with van der Waals surface area (Å²) in [6.45, 7) is 0. The summed E-state index contributed by atoms with van der Waals surface area (Å²) < 4.78 is 9.16. The average molecular weight is 753 g/mol. The molecule has 0 spiro atoms. The molecule has 2 heterocycles. The maximum absolute atomic E-state index is 6.59. The van der Waals surface area contributed by atoms with Crippen LogP contribution in [0.2, 0.25) is 0 Å². The molecule has 58 heavy (non-hydrogen) atoms. The van der Waals surface area contributed by atoms with E-state index in [0.29, 0.717) is 0 Å². The molecule has 0 aliphatic heterocycles. The summed E-state index contributed by atoms with van der Waals surface area (Å²) in [6, 6.07) is 71.5. The Hall–Kier alpha value is -7.26. The van der Waals surface area contributed by atoms with E-state index in [1.807, 2.05) is 11.3 Å². The lowest BCUT2D eigenvalue weighted by Crippen LogP contribution is -1.91. The van der Waals surface area contributed by atoms with Gasteiger partial charge in [0.1, 0.15) is 11.2 Å². The second kappa shape index (κ2) is 12.1. The van der Waals surface area contributed by atoms with Crippen molar-refractivity contribution in [3.63, 3.8) is 0 Å². The van der Waals surface area contributed by atoms with Gasteiger partial charge in [-0.1, -0.05) is 152 Å². The van der Waals surface area contributed by atoms with Crippen LogP contribution in [0.15, 0.2) is 199 Å². The zero-order valence-corrected chi connectivity index (χ0v) is 32.1. The third-order valence-electron chi connectivity index (χ3n) is 12.4. The molecule has 0 fully saturated rings. The topological polar surface area (TPSA) is 13.1 Å². The number of hydrogen-bond acceptors (Lipinski definition) is 2. The first-order chi connectivity index (χ1) is 28.7. The molecule has 13 aromatic rings. The first-order valence-electron chi connectivity index (χ1n) is 19.9. The quantitative estimate of drug-likeness (QED) is 0.164. The molecule has 13 rings (SSSR count). The highest BCUT2D eigenvalue weighted by atomic mass is 32.1. The molecule has 2 heteroatoms. The number of furan rings is 1. The molecule has 0 saturated heterocycles. The van der Waals surface area contributed by atoms with Crippen molar-refractivity contribution in [3.8, 4) is 33.4 Å². The van der Waals surface area contributed by atoms with Gasteiger partial charge in [0.2, 0.25) is 0 Å². The van der Waals surface area contributed by atoms with Crippen molar-refractivity contribution < 1.29 is 4.42 Å². The highest BCUT2D eigenvalue weighted by Crippen LogP contribution is 2.47. The van der Waals surface area contributed by atoms with Crippen LogP contribution < -0.4 is 0 Å². The standard InChI is InChI=1S/C56H32OS/c1-3-13-40-33(10-1)12-9-19-42(40)53-45-17-7-5-15-43(45)52(44-16-6-8-18-46(44)53)39-23-22-35-30-36(20-21-37(35)31-39)38-25-28-50-48(32-38)55-51(58-50)29-27-49-54(55)47-26-24-34-11-2-4-14-41(34)56(47)57-49/h1-32H. The Morgan fingerprint density at radius 3 is 1.62 bits per heavy atom. The van der Waals surface area contributed by atoms with Crippen molar-refractivity contribution in [3.05, 3.63) is 194 Å². The second-order valence-corrected chi connectivity index (χ2v) is 16.6. The van der Waals surface area contributed by atoms with E-state index in [-0.39, 0.29) is 0 Å². The molecular weight excluding hydrogens is 721 g/mol. The molecule has 0 bridgehead atoms. The first-order valence-corrected chi connectivity index (χ1v) is 20.7. The number of hydrogen-bond donors (Lipinski definition) is 0. The molecule has 11 aromatic carbocycles. The van der Waals surface area contributed by atoms with Crippen LogP contribution in [0, 0.1) is 0 Å². The molecule has 0 N–H and O–H groups in total. The largest absolute Gasteiger partial charge is 0.455 e. The summed E-state index contributed by atoms with van der Waals surface area (Å²) in [5.41, 5.74) is 9.41. The van der Waals surface area contributed by atoms with E-state index >= 15 is 0 Å². The molecule has 1 nitrogen and oxygen atoms in total. The van der Waals surface area contributed by atoms with Gasteiger partial charge >= 0.3 is 0 Å². The second-order valence-electron chi connectivity index (χ2n) is 15.5. The van der Waals surface area contributed by atoms with E-state index in [0.717, 1.165) is 16.6 Å². The van der Waals surface area contributed by atoms with Gasteiger partial charge in [0, 0.05) is 36.3 Å².